The van der Waals surface area contributed by atoms with E-state index in [1.54, 1.807) is 17.8 Å². The Morgan fingerprint density at radius 2 is 2.08 bits per heavy atom. The van der Waals surface area contributed by atoms with Gasteiger partial charge in [-0.25, -0.2) is 8.78 Å². The van der Waals surface area contributed by atoms with Crippen LogP contribution >= 0.6 is 11.8 Å². The zero-order valence-corrected chi connectivity index (χ0v) is 22.2. The summed E-state index contributed by atoms with van der Waals surface area (Å²) in [6.07, 6.45) is 4.09. The van der Waals surface area contributed by atoms with E-state index in [0.29, 0.717) is 23.4 Å². The number of likely N-dealkylation sites (tertiary alicyclic amines) is 1. The fourth-order valence-electron chi connectivity index (χ4n) is 5.00. The van der Waals surface area contributed by atoms with E-state index in [2.05, 4.69) is 45.2 Å². The number of aromatic nitrogens is 2. The number of carbonyl (C=O) groups is 1. The van der Waals surface area contributed by atoms with Crippen LogP contribution in [0.1, 0.15) is 24.8 Å². The molecule has 38 heavy (non-hydrogen) atoms. The van der Waals surface area contributed by atoms with Crippen molar-refractivity contribution in [1.29, 1.82) is 0 Å². The zero-order valence-electron chi connectivity index (χ0n) is 21.4. The van der Waals surface area contributed by atoms with Crippen LogP contribution in [0.2, 0.25) is 0 Å². The molecule has 1 aromatic heterocycles. The van der Waals surface area contributed by atoms with Crippen molar-refractivity contribution >= 4 is 34.4 Å². The second-order valence-electron chi connectivity index (χ2n) is 9.59. The Labute approximate surface area is 225 Å². The molecule has 5 rings (SSSR count). The number of fused-ring (bicyclic) bond motifs is 2. The van der Waals surface area contributed by atoms with Crippen LogP contribution in [0.4, 0.5) is 14.6 Å². The van der Waals surface area contributed by atoms with Crippen molar-refractivity contribution in [3.63, 3.8) is 0 Å². The molecular formula is C28H31F2N5O2S. The lowest BCUT2D eigenvalue weighted by Gasteiger charge is -2.20. The zero-order chi connectivity index (χ0) is 26.6. The fraction of sp³-hybridized carbons (Fsp3) is 0.393. The predicted molar refractivity (Wildman–Crippen MR) is 147 cm³/mol. The number of thioether (sulfide) groups is 1. The lowest BCUT2D eigenvalue weighted by Crippen LogP contribution is -2.31. The summed E-state index contributed by atoms with van der Waals surface area (Å²) >= 11 is 1.80. The quantitative estimate of drug-likeness (QED) is 0.294. The minimum atomic E-state index is -1.05. The van der Waals surface area contributed by atoms with Crippen molar-refractivity contribution in [2.45, 2.75) is 36.6 Å². The van der Waals surface area contributed by atoms with Crippen LogP contribution in [-0.2, 0) is 11.2 Å². The topological polar surface area (TPSA) is 79.4 Å². The summed E-state index contributed by atoms with van der Waals surface area (Å²) in [4.78, 5) is 23.9. The minimum absolute atomic E-state index is 0.0863. The Balaban J connectivity index is 1.48. The molecule has 2 N–H and O–H groups in total. The Morgan fingerprint density at radius 1 is 1.21 bits per heavy atom. The Morgan fingerprint density at radius 3 is 2.87 bits per heavy atom. The first-order valence-electron chi connectivity index (χ1n) is 12.9. The minimum Gasteiger partial charge on any atom is -0.462 e. The van der Waals surface area contributed by atoms with E-state index < -0.39 is 17.6 Å². The molecule has 7 nitrogen and oxygen atoms in total. The molecule has 3 aromatic rings. The van der Waals surface area contributed by atoms with Gasteiger partial charge in [0.2, 0.25) is 0 Å². The van der Waals surface area contributed by atoms with Gasteiger partial charge in [-0.05, 0) is 68.3 Å². The first kappa shape index (κ1) is 26.4. The van der Waals surface area contributed by atoms with Gasteiger partial charge in [0.05, 0.1) is 0 Å². The van der Waals surface area contributed by atoms with Gasteiger partial charge in [-0.15, -0.1) is 11.8 Å². The van der Waals surface area contributed by atoms with Gasteiger partial charge in [-0.2, -0.15) is 9.97 Å². The molecule has 3 heterocycles. The van der Waals surface area contributed by atoms with Gasteiger partial charge in [0.25, 0.3) is 5.91 Å². The third-order valence-electron chi connectivity index (χ3n) is 7.06. The largest absolute Gasteiger partial charge is 0.462 e. The van der Waals surface area contributed by atoms with E-state index in [1.165, 1.54) is 10.5 Å². The van der Waals surface area contributed by atoms with Gasteiger partial charge in [0.1, 0.15) is 17.9 Å². The van der Waals surface area contributed by atoms with E-state index in [4.69, 9.17) is 4.74 Å². The molecule has 1 saturated heterocycles. The van der Waals surface area contributed by atoms with E-state index in [1.807, 2.05) is 18.2 Å². The van der Waals surface area contributed by atoms with Crippen LogP contribution in [0.5, 0.6) is 6.01 Å². The van der Waals surface area contributed by atoms with Crippen LogP contribution in [-0.4, -0.2) is 65.9 Å². The second-order valence-corrected chi connectivity index (χ2v) is 10.7. The van der Waals surface area contributed by atoms with Gasteiger partial charge >= 0.3 is 6.01 Å². The number of benzene rings is 2. The highest BCUT2D eigenvalue weighted by atomic mass is 32.2. The standard InChI is InChI=1S/C28H31F2N5O2S/c1-17(29)27(36)32-13-12-31-26-22-11-10-21(19-7-3-9-23-20(19)8-5-15-38-23)24(30)25(22)33-28(34-26)37-16-18-6-4-14-35(18)2/h3,7,9-11,18H,1,4-6,8,12-16H2,2H3,(H,32,36)(H,31,33,34)/t18-/m0/s1. The molecule has 2 aliphatic heterocycles. The maximum atomic E-state index is 16.2. The van der Waals surface area contributed by atoms with Crippen molar-refractivity contribution in [3.8, 4) is 17.1 Å². The number of nitrogens with zero attached hydrogens (tertiary/aromatic N) is 3. The van der Waals surface area contributed by atoms with Crippen LogP contribution in [0.3, 0.4) is 0 Å². The molecule has 2 aliphatic rings. The van der Waals surface area contributed by atoms with Crippen molar-refractivity contribution in [2.24, 2.45) is 0 Å². The third kappa shape index (κ3) is 5.61. The number of ether oxygens (including phenoxy) is 1. The van der Waals surface area contributed by atoms with Crippen molar-refractivity contribution in [3.05, 3.63) is 54.1 Å². The van der Waals surface area contributed by atoms with Gasteiger partial charge in [0, 0.05) is 35.0 Å². The SMILES string of the molecule is C=C(F)C(=O)NCCNc1nc(OC[C@@H]2CCCN2C)nc2c(F)c(-c3cccc4c3CCCS4)ccc12. The van der Waals surface area contributed by atoms with Crippen LogP contribution in [0, 0.1) is 5.82 Å². The molecular weight excluding hydrogens is 508 g/mol. The van der Waals surface area contributed by atoms with Crippen LogP contribution in [0.25, 0.3) is 22.0 Å². The smallest absolute Gasteiger partial charge is 0.319 e. The molecule has 0 spiro atoms. The second kappa shape index (κ2) is 11.7. The Kier molecular flexibility index (Phi) is 8.09. The molecule has 1 atom stereocenters. The van der Waals surface area contributed by atoms with E-state index >= 15 is 4.39 Å². The fourth-order valence-corrected chi connectivity index (χ4v) is 6.07. The number of hydrogen-bond acceptors (Lipinski definition) is 7. The molecule has 1 amide bonds. The van der Waals surface area contributed by atoms with Gasteiger partial charge < -0.3 is 20.3 Å². The first-order valence-corrected chi connectivity index (χ1v) is 13.9. The lowest BCUT2D eigenvalue weighted by atomic mass is 9.95. The molecule has 0 bridgehead atoms. The third-order valence-corrected chi connectivity index (χ3v) is 8.25. The van der Waals surface area contributed by atoms with Gasteiger partial charge in [0.15, 0.2) is 11.6 Å². The van der Waals surface area contributed by atoms with E-state index in [9.17, 15) is 9.18 Å². The summed E-state index contributed by atoms with van der Waals surface area (Å²) in [5.41, 5.74) is 2.71. The highest BCUT2D eigenvalue weighted by Crippen LogP contribution is 2.39. The maximum Gasteiger partial charge on any atom is 0.319 e. The lowest BCUT2D eigenvalue weighted by molar-refractivity contribution is -0.118. The molecule has 2 aromatic carbocycles. The van der Waals surface area contributed by atoms with E-state index in [0.717, 1.165) is 43.5 Å². The number of halogens is 2. The number of rotatable bonds is 9. The highest BCUT2D eigenvalue weighted by Gasteiger charge is 2.24. The predicted octanol–water partition coefficient (Wildman–Crippen LogP) is 4.96. The summed E-state index contributed by atoms with van der Waals surface area (Å²) < 4.78 is 35.1. The number of likely N-dealkylation sites (N-methyl/N-ethyl adjacent to an activating group) is 1. The van der Waals surface area contributed by atoms with Crippen molar-refractivity contribution in [2.75, 3.05) is 44.4 Å². The summed E-state index contributed by atoms with van der Waals surface area (Å²) in [7, 11) is 2.06. The number of anilines is 1. The number of carbonyl (C=O) groups excluding carboxylic acids is 1. The summed E-state index contributed by atoms with van der Waals surface area (Å²) in [6, 6.07) is 9.93. The summed E-state index contributed by atoms with van der Waals surface area (Å²) in [5, 5.41) is 6.04. The average molecular weight is 540 g/mol. The van der Waals surface area contributed by atoms with Gasteiger partial charge in [-0.1, -0.05) is 24.8 Å². The van der Waals surface area contributed by atoms with E-state index in [-0.39, 0.29) is 30.7 Å². The molecule has 0 aliphatic carbocycles. The molecule has 0 unspecified atom stereocenters. The number of nitrogens with one attached hydrogen (secondary N) is 2. The highest BCUT2D eigenvalue weighted by molar-refractivity contribution is 7.99. The molecule has 200 valence electrons. The summed E-state index contributed by atoms with van der Waals surface area (Å²) in [6.45, 7) is 4.77. The monoisotopic (exact) mass is 539 g/mol. The maximum absolute atomic E-state index is 16.2. The normalized spacial score (nSPS) is 17.3. The summed E-state index contributed by atoms with van der Waals surface area (Å²) in [5.74, 6) is -0.906. The molecule has 1 fully saturated rings. The Bertz CT molecular complexity index is 1370. The molecule has 0 radical (unpaired) electrons. The van der Waals surface area contributed by atoms with Crippen molar-refractivity contribution < 1.29 is 18.3 Å². The van der Waals surface area contributed by atoms with Gasteiger partial charge in [-0.3, -0.25) is 4.79 Å². The Hall–Kier alpha value is -3.24. The first-order chi connectivity index (χ1) is 18.4. The van der Waals surface area contributed by atoms with Crippen LogP contribution < -0.4 is 15.4 Å². The number of hydrogen-bond donors (Lipinski definition) is 2. The van der Waals surface area contributed by atoms with Crippen LogP contribution in [0.15, 0.2) is 47.6 Å². The molecule has 0 saturated carbocycles. The number of amides is 1. The molecule has 10 heteroatoms. The van der Waals surface area contributed by atoms with Crippen molar-refractivity contribution in [1.82, 2.24) is 20.2 Å². The average Bonchev–Trinajstić information content (AvgIpc) is 3.34.